The van der Waals surface area contributed by atoms with Gasteiger partial charge in [-0.15, -0.1) is 0 Å². The average Bonchev–Trinajstić information content (AvgIpc) is 3.11. The summed E-state index contributed by atoms with van der Waals surface area (Å²) in [6, 6.07) is 5.30. The van der Waals surface area contributed by atoms with E-state index in [4.69, 9.17) is 9.47 Å². The highest BCUT2D eigenvalue weighted by Crippen LogP contribution is 2.31. The Bertz CT molecular complexity index is 817. The number of aromatic amines is 1. The molecule has 1 aliphatic heterocycles. The molecule has 2 heterocycles. The van der Waals surface area contributed by atoms with Gasteiger partial charge in [0.2, 0.25) is 0 Å². The van der Waals surface area contributed by atoms with Crippen LogP contribution in [0, 0.1) is 6.92 Å². The fraction of sp³-hybridized carbons (Fsp3) is 0.400. The van der Waals surface area contributed by atoms with Crippen LogP contribution in [0.1, 0.15) is 32.7 Å². The molecule has 0 bridgehead atoms. The van der Waals surface area contributed by atoms with Crippen LogP contribution in [0.4, 0.5) is 0 Å². The van der Waals surface area contributed by atoms with Crippen molar-refractivity contribution in [1.29, 1.82) is 0 Å². The Balaban J connectivity index is 1.74. The SMILES string of the molecule is COc1cc(C)c(C(=O)N2CCCN(C(=O)c3cc[nH]c3)CC2)cc1OC. The van der Waals surface area contributed by atoms with Gasteiger partial charge in [-0.3, -0.25) is 9.59 Å². The number of amides is 2. The van der Waals surface area contributed by atoms with Crippen molar-refractivity contribution in [3.63, 3.8) is 0 Å². The van der Waals surface area contributed by atoms with Crippen molar-refractivity contribution in [2.45, 2.75) is 13.3 Å². The monoisotopic (exact) mass is 371 g/mol. The van der Waals surface area contributed by atoms with E-state index in [0.29, 0.717) is 48.8 Å². The molecule has 0 aliphatic carbocycles. The highest BCUT2D eigenvalue weighted by atomic mass is 16.5. The summed E-state index contributed by atoms with van der Waals surface area (Å²) in [5.74, 6) is 1.08. The molecule has 1 saturated heterocycles. The molecular formula is C20H25N3O4. The van der Waals surface area contributed by atoms with E-state index in [2.05, 4.69) is 4.98 Å². The van der Waals surface area contributed by atoms with Gasteiger partial charge in [-0.1, -0.05) is 0 Å². The molecule has 2 aromatic rings. The van der Waals surface area contributed by atoms with E-state index in [0.717, 1.165) is 12.0 Å². The van der Waals surface area contributed by atoms with Gasteiger partial charge in [0.15, 0.2) is 11.5 Å². The number of benzene rings is 1. The van der Waals surface area contributed by atoms with Crippen LogP contribution >= 0.6 is 0 Å². The van der Waals surface area contributed by atoms with Crippen LogP contribution in [0.25, 0.3) is 0 Å². The zero-order valence-electron chi connectivity index (χ0n) is 15.9. The predicted molar refractivity (Wildman–Crippen MR) is 101 cm³/mol. The number of methoxy groups -OCH3 is 2. The van der Waals surface area contributed by atoms with Crippen LogP contribution in [0.3, 0.4) is 0 Å². The first-order valence-electron chi connectivity index (χ1n) is 8.99. The molecule has 7 nitrogen and oxygen atoms in total. The van der Waals surface area contributed by atoms with Crippen LogP contribution in [0.5, 0.6) is 11.5 Å². The molecule has 0 radical (unpaired) electrons. The molecule has 0 atom stereocenters. The van der Waals surface area contributed by atoms with Crippen molar-refractivity contribution in [2.75, 3.05) is 40.4 Å². The lowest BCUT2D eigenvalue weighted by Crippen LogP contribution is -2.37. The smallest absolute Gasteiger partial charge is 0.255 e. The van der Waals surface area contributed by atoms with Gasteiger partial charge in [-0.2, -0.15) is 0 Å². The summed E-state index contributed by atoms with van der Waals surface area (Å²) in [6.45, 7) is 4.15. The Morgan fingerprint density at radius 1 is 0.963 bits per heavy atom. The van der Waals surface area contributed by atoms with Gasteiger partial charge in [-0.25, -0.2) is 0 Å². The molecule has 144 valence electrons. The fourth-order valence-electron chi connectivity index (χ4n) is 3.34. The van der Waals surface area contributed by atoms with Gasteiger partial charge in [0, 0.05) is 44.1 Å². The van der Waals surface area contributed by atoms with Crippen molar-refractivity contribution in [1.82, 2.24) is 14.8 Å². The molecule has 1 aliphatic rings. The number of rotatable bonds is 4. The number of carbonyl (C=O) groups excluding carboxylic acids is 2. The maximum Gasteiger partial charge on any atom is 0.255 e. The summed E-state index contributed by atoms with van der Waals surface area (Å²) in [6.07, 6.45) is 4.18. The third-order valence-electron chi connectivity index (χ3n) is 4.88. The molecular weight excluding hydrogens is 346 g/mol. The first-order chi connectivity index (χ1) is 13.0. The molecule has 1 aromatic heterocycles. The van der Waals surface area contributed by atoms with Gasteiger partial charge in [-0.05, 0) is 37.1 Å². The molecule has 0 saturated carbocycles. The van der Waals surface area contributed by atoms with Crippen molar-refractivity contribution < 1.29 is 19.1 Å². The summed E-state index contributed by atoms with van der Waals surface area (Å²) in [5.41, 5.74) is 2.07. The second-order valence-corrected chi connectivity index (χ2v) is 6.56. The highest BCUT2D eigenvalue weighted by Gasteiger charge is 2.25. The van der Waals surface area contributed by atoms with Crippen LogP contribution in [-0.4, -0.2) is 67.0 Å². The Kier molecular flexibility index (Phi) is 5.69. The summed E-state index contributed by atoms with van der Waals surface area (Å²) < 4.78 is 10.6. The number of carbonyl (C=O) groups is 2. The van der Waals surface area contributed by atoms with Gasteiger partial charge in [0.25, 0.3) is 11.8 Å². The lowest BCUT2D eigenvalue weighted by atomic mass is 10.1. The number of nitrogens with one attached hydrogen (secondary N) is 1. The maximum absolute atomic E-state index is 13.1. The zero-order chi connectivity index (χ0) is 19.4. The van der Waals surface area contributed by atoms with Crippen LogP contribution < -0.4 is 9.47 Å². The second kappa shape index (κ2) is 8.16. The number of nitrogens with zero attached hydrogens (tertiary/aromatic N) is 2. The molecule has 27 heavy (non-hydrogen) atoms. The minimum absolute atomic E-state index is 0.00662. The molecule has 1 aromatic carbocycles. The quantitative estimate of drug-likeness (QED) is 0.895. The van der Waals surface area contributed by atoms with Crippen molar-refractivity contribution >= 4 is 11.8 Å². The summed E-state index contributed by atoms with van der Waals surface area (Å²) in [5, 5.41) is 0. The van der Waals surface area contributed by atoms with Gasteiger partial charge in [0.05, 0.1) is 19.8 Å². The Labute approximate surface area is 158 Å². The number of aryl methyl sites for hydroxylation is 1. The zero-order valence-corrected chi connectivity index (χ0v) is 15.9. The Morgan fingerprint density at radius 2 is 1.59 bits per heavy atom. The number of aromatic nitrogens is 1. The normalized spacial score (nSPS) is 14.6. The molecule has 1 N–H and O–H groups in total. The summed E-state index contributed by atoms with van der Waals surface area (Å²) in [7, 11) is 3.13. The van der Waals surface area contributed by atoms with E-state index in [-0.39, 0.29) is 11.8 Å². The molecule has 1 fully saturated rings. The van der Waals surface area contributed by atoms with Crippen molar-refractivity contribution in [2.24, 2.45) is 0 Å². The average molecular weight is 371 g/mol. The van der Waals surface area contributed by atoms with Gasteiger partial charge in [0.1, 0.15) is 0 Å². The van der Waals surface area contributed by atoms with Crippen molar-refractivity contribution in [3.8, 4) is 11.5 Å². The number of hydrogen-bond acceptors (Lipinski definition) is 4. The minimum atomic E-state index is -0.0515. The summed E-state index contributed by atoms with van der Waals surface area (Å²) >= 11 is 0. The number of hydrogen-bond donors (Lipinski definition) is 1. The van der Waals surface area contributed by atoms with Crippen LogP contribution in [-0.2, 0) is 0 Å². The third-order valence-corrected chi connectivity index (χ3v) is 4.88. The van der Waals surface area contributed by atoms with E-state index in [9.17, 15) is 9.59 Å². The second-order valence-electron chi connectivity index (χ2n) is 6.56. The topological polar surface area (TPSA) is 74.9 Å². The Morgan fingerprint density at radius 3 is 2.19 bits per heavy atom. The first-order valence-corrected chi connectivity index (χ1v) is 8.99. The van der Waals surface area contributed by atoms with E-state index in [1.807, 2.05) is 13.0 Å². The van der Waals surface area contributed by atoms with E-state index >= 15 is 0 Å². The lowest BCUT2D eigenvalue weighted by Gasteiger charge is -2.23. The largest absolute Gasteiger partial charge is 0.493 e. The molecule has 2 amide bonds. The van der Waals surface area contributed by atoms with E-state index in [1.165, 1.54) is 0 Å². The molecule has 0 spiro atoms. The third kappa shape index (κ3) is 3.92. The van der Waals surface area contributed by atoms with E-state index in [1.54, 1.807) is 48.5 Å². The fourth-order valence-corrected chi connectivity index (χ4v) is 3.34. The number of H-pyrrole nitrogens is 1. The molecule has 7 heteroatoms. The van der Waals surface area contributed by atoms with Crippen molar-refractivity contribution in [3.05, 3.63) is 47.3 Å². The minimum Gasteiger partial charge on any atom is -0.493 e. The first kappa shape index (κ1) is 18.8. The Hall–Kier alpha value is -2.96. The summed E-state index contributed by atoms with van der Waals surface area (Å²) in [4.78, 5) is 32.1. The highest BCUT2D eigenvalue weighted by molar-refractivity contribution is 5.97. The van der Waals surface area contributed by atoms with Gasteiger partial charge >= 0.3 is 0 Å². The van der Waals surface area contributed by atoms with Crippen LogP contribution in [0.15, 0.2) is 30.6 Å². The van der Waals surface area contributed by atoms with Gasteiger partial charge < -0.3 is 24.3 Å². The maximum atomic E-state index is 13.1. The van der Waals surface area contributed by atoms with E-state index < -0.39 is 0 Å². The number of ether oxygens (including phenoxy) is 2. The van der Waals surface area contributed by atoms with Crippen LogP contribution in [0.2, 0.25) is 0 Å². The molecule has 0 unspecified atom stereocenters. The standard InChI is InChI=1S/C20H25N3O4/c1-14-11-17(26-2)18(27-3)12-16(14)20(25)23-8-4-7-22(9-10-23)19(24)15-5-6-21-13-15/h5-6,11-13,21H,4,7-10H2,1-3H3. The lowest BCUT2D eigenvalue weighted by molar-refractivity contribution is 0.0718. The molecule has 3 rings (SSSR count). The predicted octanol–water partition coefficient (Wildman–Crippen LogP) is 2.33.